The lowest BCUT2D eigenvalue weighted by Crippen LogP contribution is -2.08. The van der Waals surface area contributed by atoms with Crippen LogP contribution in [0.1, 0.15) is 11.1 Å². The Kier molecular flexibility index (Phi) is 7.82. The van der Waals surface area contributed by atoms with Gasteiger partial charge < -0.3 is 24.1 Å². The van der Waals surface area contributed by atoms with Crippen LogP contribution in [0.5, 0.6) is 17.2 Å². The summed E-state index contributed by atoms with van der Waals surface area (Å²) in [6.07, 6.45) is 4.02. The highest BCUT2D eigenvalue weighted by Crippen LogP contribution is 2.24. The number of hydrogen-bond donors (Lipinski definition) is 1. The zero-order valence-corrected chi connectivity index (χ0v) is 14.6. The minimum atomic E-state index is 0.0280. The molecule has 25 heavy (non-hydrogen) atoms. The lowest BCUT2D eigenvalue weighted by atomic mass is 10.1. The Morgan fingerprint density at radius 1 is 0.760 bits per heavy atom. The second-order valence-corrected chi connectivity index (χ2v) is 5.23. The van der Waals surface area contributed by atoms with E-state index in [2.05, 4.69) is 0 Å². The first-order chi connectivity index (χ1) is 12.2. The third kappa shape index (κ3) is 6.49. The van der Waals surface area contributed by atoms with Crippen LogP contribution in [0.3, 0.4) is 0 Å². The molecule has 0 aliphatic heterocycles. The minimum Gasteiger partial charge on any atom is -0.497 e. The molecule has 1 N–H and O–H groups in total. The van der Waals surface area contributed by atoms with Gasteiger partial charge in [0.05, 0.1) is 34.0 Å². The van der Waals surface area contributed by atoms with Crippen molar-refractivity contribution in [1.29, 1.82) is 0 Å². The van der Waals surface area contributed by atoms with Gasteiger partial charge in [0.2, 0.25) is 0 Å². The predicted octanol–water partition coefficient (Wildman–Crippen LogP) is 3.26. The summed E-state index contributed by atoms with van der Waals surface area (Å²) in [4.78, 5) is 0. The van der Waals surface area contributed by atoms with Gasteiger partial charge in [0, 0.05) is 6.07 Å². The van der Waals surface area contributed by atoms with Gasteiger partial charge in [-0.1, -0.05) is 24.3 Å². The molecule has 2 aromatic rings. The molecular formula is C20H24O5. The van der Waals surface area contributed by atoms with E-state index < -0.39 is 0 Å². The van der Waals surface area contributed by atoms with Gasteiger partial charge in [0.15, 0.2) is 0 Å². The van der Waals surface area contributed by atoms with E-state index in [1.165, 1.54) is 0 Å². The first-order valence-corrected chi connectivity index (χ1v) is 8.08. The van der Waals surface area contributed by atoms with Gasteiger partial charge >= 0.3 is 0 Å². The number of benzene rings is 2. The number of aliphatic hydroxyl groups excluding tert-OH is 1. The summed E-state index contributed by atoms with van der Waals surface area (Å²) in [5.41, 5.74) is 2.06. The first-order valence-electron chi connectivity index (χ1n) is 8.08. The van der Waals surface area contributed by atoms with E-state index in [-0.39, 0.29) is 6.61 Å². The Labute approximate surface area is 148 Å². The summed E-state index contributed by atoms with van der Waals surface area (Å²) >= 11 is 0. The monoisotopic (exact) mass is 344 g/mol. The summed E-state index contributed by atoms with van der Waals surface area (Å²) < 4.78 is 21.3. The Hall–Kier alpha value is -2.50. The zero-order chi connectivity index (χ0) is 17.9. The summed E-state index contributed by atoms with van der Waals surface area (Å²) in [5, 5.41) is 8.62. The Balaban J connectivity index is 1.93. The molecule has 0 atom stereocenters. The molecule has 0 amide bonds. The van der Waals surface area contributed by atoms with Crippen molar-refractivity contribution in [1.82, 2.24) is 0 Å². The third-order valence-corrected chi connectivity index (χ3v) is 3.45. The van der Waals surface area contributed by atoms with Crippen molar-refractivity contribution in [2.24, 2.45) is 0 Å². The average Bonchev–Trinajstić information content (AvgIpc) is 2.66. The summed E-state index contributed by atoms with van der Waals surface area (Å²) in [6.45, 7) is 1.28. The molecule has 5 nitrogen and oxygen atoms in total. The van der Waals surface area contributed by atoms with Gasteiger partial charge in [-0.05, 0) is 35.4 Å². The standard InChI is InChI=1S/C20H24O5/c1-22-19-13-17(14-20(15-19)23-2)4-3-16-5-7-18(8-6-16)25-12-11-24-10-9-21/h3-8,13-15,21H,9-12H2,1-2H3/b4-3+. The fourth-order valence-corrected chi connectivity index (χ4v) is 2.18. The fraction of sp³-hybridized carbons (Fsp3) is 0.300. The highest BCUT2D eigenvalue weighted by atomic mass is 16.5. The van der Waals surface area contributed by atoms with Crippen molar-refractivity contribution < 1.29 is 24.1 Å². The Bertz CT molecular complexity index is 642. The van der Waals surface area contributed by atoms with Crippen LogP contribution in [0.25, 0.3) is 12.2 Å². The van der Waals surface area contributed by atoms with Gasteiger partial charge in [0.1, 0.15) is 23.9 Å². The normalized spacial score (nSPS) is 10.8. The number of rotatable bonds is 10. The molecule has 2 aromatic carbocycles. The lowest BCUT2D eigenvalue weighted by Gasteiger charge is -2.07. The van der Waals surface area contributed by atoms with Crippen molar-refractivity contribution in [3.05, 3.63) is 53.6 Å². The second-order valence-electron chi connectivity index (χ2n) is 5.23. The van der Waals surface area contributed by atoms with Crippen LogP contribution in [-0.4, -0.2) is 45.8 Å². The van der Waals surface area contributed by atoms with E-state index in [0.717, 1.165) is 28.4 Å². The highest BCUT2D eigenvalue weighted by molar-refractivity contribution is 5.71. The van der Waals surface area contributed by atoms with E-state index >= 15 is 0 Å². The topological polar surface area (TPSA) is 57.2 Å². The molecule has 0 aliphatic carbocycles. The van der Waals surface area contributed by atoms with Gasteiger partial charge in [-0.25, -0.2) is 0 Å². The maximum atomic E-state index is 8.62. The molecule has 0 aliphatic rings. The molecule has 0 unspecified atom stereocenters. The van der Waals surface area contributed by atoms with E-state index in [1.54, 1.807) is 14.2 Å². The lowest BCUT2D eigenvalue weighted by molar-refractivity contribution is 0.0705. The van der Waals surface area contributed by atoms with Crippen molar-refractivity contribution in [3.8, 4) is 17.2 Å². The molecule has 0 heterocycles. The molecule has 0 fully saturated rings. The minimum absolute atomic E-state index is 0.0280. The van der Waals surface area contributed by atoms with E-state index in [4.69, 9.17) is 24.1 Å². The number of methoxy groups -OCH3 is 2. The Morgan fingerprint density at radius 2 is 1.40 bits per heavy atom. The van der Waals surface area contributed by atoms with E-state index in [1.807, 2.05) is 54.6 Å². The predicted molar refractivity (Wildman–Crippen MR) is 98.3 cm³/mol. The van der Waals surface area contributed by atoms with Gasteiger partial charge in [0.25, 0.3) is 0 Å². The van der Waals surface area contributed by atoms with Crippen molar-refractivity contribution in [2.75, 3.05) is 40.6 Å². The largest absolute Gasteiger partial charge is 0.497 e. The molecule has 0 spiro atoms. The quantitative estimate of drug-likeness (QED) is 0.530. The number of hydrogen-bond acceptors (Lipinski definition) is 5. The van der Waals surface area contributed by atoms with E-state index in [9.17, 15) is 0 Å². The second kappa shape index (κ2) is 10.4. The third-order valence-electron chi connectivity index (χ3n) is 3.45. The molecule has 0 saturated heterocycles. The van der Waals surface area contributed by atoms with Gasteiger partial charge in [-0.3, -0.25) is 0 Å². The van der Waals surface area contributed by atoms with Gasteiger partial charge in [-0.2, -0.15) is 0 Å². The van der Waals surface area contributed by atoms with Crippen LogP contribution in [-0.2, 0) is 4.74 Å². The summed E-state index contributed by atoms with van der Waals surface area (Å²) in [6, 6.07) is 13.5. The Morgan fingerprint density at radius 3 is 2.00 bits per heavy atom. The summed E-state index contributed by atoms with van der Waals surface area (Å²) in [7, 11) is 3.27. The number of aliphatic hydroxyl groups is 1. The van der Waals surface area contributed by atoms with Crippen molar-refractivity contribution in [2.45, 2.75) is 0 Å². The van der Waals surface area contributed by atoms with Crippen LogP contribution >= 0.6 is 0 Å². The molecule has 0 aromatic heterocycles. The van der Waals surface area contributed by atoms with Crippen LogP contribution in [0.2, 0.25) is 0 Å². The maximum Gasteiger partial charge on any atom is 0.123 e. The highest BCUT2D eigenvalue weighted by Gasteiger charge is 2.00. The first kappa shape index (κ1) is 18.8. The van der Waals surface area contributed by atoms with Crippen LogP contribution in [0, 0.1) is 0 Å². The molecule has 134 valence electrons. The van der Waals surface area contributed by atoms with Crippen molar-refractivity contribution >= 4 is 12.2 Å². The molecule has 0 radical (unpaired) electrons. The molecule has 0 saturated carbocycles. The van der Waals surface area contributed by atoms with Crippen LogP contribution in [0.15, 0.2) is 42.5 Å². The summed E-state index contributed by atoms with van der Waals surface area (Å²) in [5.74, 6) is 2.30. The van der Waals surface area contributed by atoms with Crippen molar-refractivity contribution in [3.63, 3.8) is 0 Å². The van der Waals surface area contributed by atoms with E-state index in [0.29, 0.717) is 19.8 Å². The zero-order valence-electron chi connectivity index (χ0n) is 14.6. The molecule has 5 heteroatoms. The molecule has 0 bridgehead atoms. The molecular weight excluding hydrogens is 320 g/mol. The SMILES string of the molecule is COc1cc(/C=C/c2ccc(OCCOCCO)cc2)cc(OC)c1. The van der Waals surface area contributed by atoms with Crippen LogP contribution in [0.4, 0.5) is 0 Å². The fourth-order valence-electron chi connectivity index (χ4n) is 2.18. The van der Waals surface area contributed by atoms with Gasteiger partial charge in [-0.15, -0.1) is 0 Å². The number of ether oxygens (including phenoxy) is 4. The smallest absolute Gasteiger partial charge is 0.123 e. The molecule has 2 rings (SSSR count). The van der Waals surface area contributed by atoms with Crippen LogP contribution < -0.4 is 14.2 Å². The maximum absolute atomic E-state index is 8.62. The average molecular weight is 344 g/mol.